The maximum atomic E-state index is 2.44. The van der Waals surface area contributed by atoms with Crippen LogP contribution in [0.5, 0.6) is 0 Å². The van der Waals surface area contributed by atoms with Gasteiger partial charge in [-0.1, -0.05) is 170 Å². The van der Waals surface area contributed by atoms with Crippen LogP contribution >= 0.6 is 0 Å². The molecule has 52 heavy (non-hydrogen) atoms. The topological polar surface area (TPSA) is 0 Å². The van der Waals surface area contributed by atoms with E-state index in [4.69, 9.17) is 0 Å². The number of hydrogen-bond acceptors (Lipinski definition) is 0. The lowest BCUT2D eigenvalue weighted by Gasteiger charge is -2.26. The maximum Gasteiger partial charge on any atom is -0.000764 e. The van der Waals surface area contributed by atoms with Crippen molar-refractivity contribution >= 4 is 43.1 Å². The Kier molecular flexibility index (Phi) is 7.25. The molecule has 0 saturated carbocycles. The molecule has 0 heteroatoms. The summed E-state index contributed by atoms with van der Waals surface area (Å²) in [5.74, 6) is 0. The molecular weight excluding hydrogens is 625 g/mol. The standard InChI is InChI=1S/C52H34/c1-5-17-35(18-6-1)45-33-43-29-39-25-13-15-27-41(39)31-47(43)49(37-21-9-3-10-22-37)51(45)52-46(36-19-7-2-8-20-36)34-44-30-40-26-14-16-28-42(40)32-48(44)50(52)38-23-11-4-12-24-38/h1-34H. The minimum absolute atomic E-state index is 1.20. The lowest BCUT2D eigenvalue weighted by molar-refractivity contribution is 1.57. The van der Waals surface area contributed by atoms with Crippen molar-refractivity contribution in [3.05, 3.63) is 206 Å². The van der Waals surface area contributed by atoms with Crippen LogP contribution in [-0.2, 0) is 0 Å². The number of hydrogen-bond donors (Lipinski definition) is 0. The van der Waals surface area contributed by atoms with E-state index in [0.29, 0.717) is 0 Å². The van der Waals surface area contributed by atoms with Crippen LogP contribution in [0.3, 0.4) is 0 Å². The molecule has 0 saturated heterocycles. The quantitative estimate of drug-likeness (QED) is 0.161. The van der Waals surface area contributed by atoms with Gasteiger partial charge in [0, 0.05) is 0 Å². The minimum Gasteiger partial charge on any atom is -0.0622 e. The Morgan fingerprint density at radius 1 is 0.192 bits per heavy atom. The summed E-state index contributed by atoms with van der Waals surface area (Å²) in [5.41, 5.74) is 12.2. The molecule has 0 aliphatic heterocycles. The largest absolute Gasteiger partial charge is 0.0622 e. The Balaban J connectivity index is 1.50. The Bertz CT molecular complexity index is 2700. The average molecular weight is 659 g/mol. The lowest BCUT2D eigenvalue weighted by atomic mass is 9.77. The molecule has 0 aliphatic carbocycles. The molecule has 0 atom stereocenters. The lowest BCUT2D eigenvalue weighted by Crippen LogP contribution is -1.99. The molecule has 242 valence electrons. The third-order valence-electron chi connectivity index (χ3n) is 10.6. The fourth-order valence-electron chi connectivity index (χ4n) is 8.20. The first-order valence-corrected chi connectivity index (χ1v) is 18.0. The van der Waals surface area contributed by atoms with Crippen LogP contribution < -0.4 is 0 Å². The van der Waals surface area contributed by atoms with Gasteiger partial charge in [0.2, 0.25) is 0 Å². The first kappa shape index (κ1) is 30.1. The molecule has 10 aromatic carbocycles. The molecular formula is C52H34. The van der Waals surface area contributed by atoms with Gasteiger partial charge in [-0.25, -0.2) is 0 Å². The van der Waals surface area contributed by atoms with Gasteiger partial charge < -0.3 is 0 Å². The molecule has 10 aromatic rings. The highest BCUT2D eigenvalue weighted by atomic mass is 14.3. The van der Waals surface area contributed by atoms with Crippen LogP contribution in [0.1, 0.15) is 0 Å². The van der Waals surface area contributed by atoms with Crippen LogP contribution in [0.15, 0.2) is 206 Å². The third kappa shape index (κ3) is 5.08. The van der Waals surface area contributed by atoms with Crippen molar-refractivity contribution in [3.63, 3.8) is 0 Å². The molecule has 0 aliphatic rings. The molecule has 0 amide bonds. The fraction of sp³-hybridized carbons (Fsp3) is 0. The van der Waals surface area contributed by atoms with Crippen molar-refractivity contribution in [1.82, 2.24) is 0 Å². The minimum atomic E-state index is 1.20. The Morgan fingerprint density at radius 3 is 0.827 bits per heavy atom. The molecule has 0 N–H and O–H groups in total. The van der Waals surface area contributed by atoms with E-state index < -0.39 is 0 Å². The summed E-state index contributed by atoms with van der Waals surface area (Å²) in [6.45, 7) is 0. The summed E-state index contributed by atoms with van der Waals surface area (Å²) in [5, 5.41) is 9.92. The molecule has 0 fully saturated rings. The Labute approximate surface area is 303 Å². The predicted molar refractivity (Wildman–Crippen MR) is 224 cm³/mol. The molecule has 10 rings (SSSR count). The second-order valence-corrected chi connectivity index (χ2v) is 13.7. The molecule has 0 unspecified atom stereocenters. The predicted octanol–water partition coefficient (Wildman–Crippen LogP) is 14.6. The fourth-order valence-corrected chi connectivity index (χ4v) is 8.20. The van der Waals surface area contributed by atoms with Gasteiger partial charge in [0.1, 0.15) is 0 Å². The molecule has 0 nitrogen and oxygen atoms in total. The molecule has 0 aromatic heterocycles. The number of rotatable bonds is 5. The molecule has 0 bridgehead atoms. The van der Waals surface area contributed by atoms with E-state index >= 15 is 0 Å². The van der Waals surface area contributed by atoms with E-state index in [-0.39, 0.29) is 0 Å². The van der Waals surface area contributed by atoms with Crippen molar-refractivity contribution in [2.45, 2.75) is 0 Å². The molecule has 0 heterocycles. The zero-order chi connectivity index (χ0) is 34.4. The van der Waals surface area contributed by atoms with Crippen LogP contribution in [0.2, 0.25) is 0 Å². The highest BCUT2D eigenvalue weighted by molar-refractivity contribution is 6.20. The summed E-state index contributed by atoms with van der Waals surface area (Å²) in [6.07, 6.45) is 0. The Morgan fingerprint density at radius 2 is 0.481 bits per heavy atom. The highest BCUT2D eigenvalue weighted by Crippen LogP contribution is 2.53. The van der Waals surface area contributed by atoms with Gasteiger partial charge in [-0.15, -0.1) is 0 Å². The van der Waals surface area contributed by atoms with Gasteiger partial charge in [0.25, 0.3) is 0 Å². The van der Waals surface area contributed by atoms with Crippen molar-refractivity contribution in [2.24, 2.45) is 0 Å². The first-order valence-electron chi connectivity index (χ1n) is 18.0. The van der Waals surface area contributed by atoms with Gasteiger partial charge in [0.15, 0.2) is 0 Å². The van der Waals surface area contributed by atoms with Crippen molar-refractivity contribution in [2.75, 3.05) is 0 Å². The number of fused-ring (bicyclic) bond motifs is 4. The van der Waals surface area contributed by atoms with Crippen LogP contribution in [0.4, 0.5) is 0 Å². The average Bonchev–Trinajstić information content (AvgIpc) is 3.22. The summed E-state index contributed by atoms with van der Waals surface area (Å²) >= 11 is 0. The third-order valence-corrected chi connectivity index (χ3v) is 10.6. The van der Waals surface area contributed by atoms with Crippen molar-refractivity contribution in [3.8, 4) is 55.6 Å². The summed E-state index contributed by atoms with van der Waals surface area (Å²) in [6, 6.07) is 75.9. The van der Waals surface area contributed by atoms with E-state index in [9.17, 15) is 0 Å². The van der Waals surface area contributed by atoms with E-state index in [0.717, 1.165) is 0 Å². The summed E-state index contributed by atoms with van der Waals surface area (Å²) < 4.78 is 0. The van der Waals surface area contributed by atoms with Gasteiger partial charge >= 0.3 is 0 Å². The van der Waals surface area contributed by atoms with Gasteiger partial charge in [-0.3, -0.25) is 0 Å². The smallest absolute Gasteiger partial charge is 0.000764 e. The monoisotopic (exact) mass is 658 g/mol. The van der Waals surface area contributed by atoms with Crippen LogP contribution in [-0.4, -0.2) is 0 Å². The maximum absolute atomic E-state index is 2.44. The summed E-state index contributed by atoms with van der Waals surface area (Å²) in [4.78, 5) is 0. The Hall–Kier alpha value is -6.76. The van der Waals surface area contributed by atoms with E-state index in [1.165, 1.54) is 98.7 Å². The zero-order valence-corrected chi connectivity index (χ0v) is 28.6. The van der Waals surface area contributed by atoms with Crippen molar-refractivity contribution in [1.29, 1.82) is 0 Å². The molecule has 0 spiro atoms. The van der Waals surface area contributed by atoms with Gasteiger partial charge in [-0.05, 0) is 135 Å². The van der Waals surface area contributed by atoms with Crippen LogP contribution in [0.25, 0.3) is 98.7 Å². The number of benzene rings is 10. The second kappa shape index (κ2) is 12.5. The van der Waals surface area contributed by atoms with Crippen molar-refractivity contribution < 1.29 is 0 Å². The normalized spacial score (nSPS) is 11.5. The molecule has 0 radical (unpaired) electrons. The van der Waals surface area contributed by atoms with Crippen LogP contribution in [0, 0.1) is 0 Å². The second-order valence-electron chi connectivity index (χ2n) is 13.7. The first-order chi connectivity index (χ1) is 25.8. The van der Waals surface area contributed by atoms with E-state index in [1.807, 2.05) is 0 Å². The highest BCUT2D eigenvalue weighted by Gasteiger charge is 2.26. The summed E-state index contributed by atoms with van der Waals surface area (Å²) in [7, 11) is 0. The van der Waals surface area contributed by atoms with E-state index in [2.05, 4.69) is 206 Å². The SMILES string of the molecule is c1ccc(-c2cc3cc4ccccc4cc3c(-c3ccccc3)c2-c2c(-c3ccccc3)cc3cc4ccccc4cc3c2-c2ccccc2)cc1. The van der Waals surface area contributed by atoms with Gasteiger partial charge in [-0.2, -0.15) is 0 Å². The van der Waals surface area contributed by atoms with Gasteiger partial charge in [0.05, 0.1) is 0 Å². The zero-order valence-electron chi connectivity index (χ0n) is 28.6. The van der Waals surface area contributed by atoms with E-state index in [1.54, 1.807) is 0 Å².